The minimum atomic E-state index is -3.56. The van der Waals surface area contributed by atoms with Crippen molar-refractivity contribution in [3.8, 4) is 5.75 Å². The number of methoxy groups -OCH3 is 1. The normalized spacial score (nSPS) is 27.2. The van der Waals surface area contributed by atoms with Crippen LogP contribution in [0.15, 0.2) is 17.0 Å². The van der Waals surface area contributed by atoms with Gasteiger partial charge in [-0.2, -0.15) is 0 Å². The van der Waals surface area contributed by atoms with Crippen LogP contribution in [0.4, 0.5) is 5.69 Å². The minimum Gasteiger partial charge on any atom is -0.496 e. The number of hydrogen-bond acceptors (Lipinski definition) is 6. The van der Waals surface area contributed by atoms with E-state index in [9.17, 15) is 13.2 Å². The molecule has 1 saturated carbocycles. The standard InChI is InChI=1S/C23H35N3O4S/c1-30-20-14-19(24)21(31(2,28)29)13-18(20)22(27)25-23-11-6-9-17(10-12-23)26(23)15-16-7-4-3-5-8-16/h13-14,16-17H,3-12,15,24H2,1-2H3,(H,25,27). The number of nitrogen functional groups attached to an aromatic ring is 1. The number of piperidine rings is 1. The molecule has 1 amide bonds. The average Bonchev–Trinajstić information content (AvgIpc) is 2.91. The van der Waals surface area contributed by atoms with Crippen LogP contribution in [0.5, 0.6) is 5.75 Å². The van der Waals surface area contributed by atoms with E-state index in [1.807, 2.05) is 0 Å². The second-order valence-corrected chi connectivity index (χ2v) is 11.6. The maximum atomic E-state index is 13.5. The average molecular weight is 450 g/mol. The highest BCUT2D eigenvalue weighted by atomic mass is 32.2. The number of benzene rings is 1. The summed E-state index contributed by atoms with van der Waals surface area (Å²) in [5.41, 5.74) is 5.88. The van der Waals surface area contributed by atoms with Gasteiger partial charge in [0.05, 0.1) is 28.9 Å². The van der Waals surface area contributed by atoms with Gasteiger partial charge in [0.25, 0.3) is 5.91 Å². The molecular weight excluding hydrogens is 414 g/mol. The fourth-order valence-electron chi connectivity index (χ4n) is 5.94. The molecule has 8 heteroatoms. The summed E-state index contributed by atoms with van der Waals surface area (Å²) in [4.78, 5) is 16.0. The van der Waals surface area contributed by atoms with Crippen LogP contribution in [0, 0.1) is 5.92 Å². The molecule has 2 saturated heterocycles. The number of carbonyl (C=O) groups is 1. The van der Waals surface area contributed by atoms with E-state index in [0.717, 1.165) is 38.5 Å². The second kappa shape index (κ2) is 8.62. The van der Waals surface area contributed by atoms with Gasteiger partial charge in [-0.25, -0.2) is 8.42 Å². The topological polar surface area (TPSA) is 102 Å². The van der Waals surface area contributed by atoms with Crippen molar-refractivity contribution < 1.29 is 17.9 Å². The number of fused-ring (bicyclic) bond motifs is 2. The molecule has 4 rings (SSSR count). The number of rotatable bonds is 6. The molecule has 7 nitrogen and oxygen atoms in total. The Kier molecular flexibility index (Phi) is 6.23. The van der Waals surface area contributed by atoms with Gasteiger partial charge in [0.1, 0.15) is 5.75 Å². The molecule has 2 heterocycles. The summed E-state index contributed by atoms with van der Waals surface area (Å²) in [6.45, 7) is 1.04. The Labute approximate surface area is 185 Å². The predicted molar refractivity (Wildman–Crippen MR) is 121 cm³/mol. The Bertz CT molecular complexity index is 938. The van der Waals surface area contributed by atoms with E-state index in [2.05, 4.69) is 10.2 Å². The van der Waals surface area contributed by atoms with E-state index in [1.165, 1.54) is 57.8 Å². The highest BCUT2D eigenvalue weighted by Crippen LogP contribution is 2.44. The fourth-order valence-corrected chi connectivity index (χ4v) is 6.76. The van der Waals surface area contributed by atoms with Crippen LogP contribution in [-0.4, -0.2) is 50.8 Å². The molecule has 1 aromatic carbocycles. The number of hydrogen-bond donors (Lipinski definition) is 2. The first-order valence-corrected chi connectivity index (χ1v) is 13.4. The van der Waals surface area contributed by atoms with Gasteiger partial charge in [-0.15, -0.1) is 0 Å². The lowest BCUT2D eigenvalue weighted by Crippen LogP contribution is -2.61. The minimum absolute atomic E-state index is 0.0389. The first kappa shape index (κ1) is 22.4. The molecule has 1 aromatic rings. The summed E-state index contributed by atoms with van der Waals surface area (Å²) >= 11 is 0. The number of sulfone groups is 1. The third kappa shape index (κ3) is 4.42. The summed E-state index contributed by atoms with van der Waals surface area (Å²) in [5, 5.41) is 3.32. The van der Waals surface area contributed by atoms with E-state index in [1.54, 1.807) is 0 Å². The molecule has 1 aliphatic carbocycles. The molecule has 3 fully saturated rings. The van der Waals surface area contributed by atoms with Gasteiger partial charge in [0.2, 0.25) is 0 Å². The van der Waals surface area contributed by atoms with Gasteiger partial charge in [-0.05, 0) is 56.9 Å². The molecule has 3 N–H and O–H groups in total. The number of amides is 1. The Hall–Kier alpha value is -1.80. The quantitative estimate of drug-likeness (QED) is 0.646. The molecule has 2 bridgehead atoms. The molecule has 172 valence electrons. The summed E-state index contributed by atoms with van der Waals surface area (Å²) in [7, 11) is -2.10. The van der Waals surface area contributed by atoms with Crippen LogP contribution in [0.2, 0.25) is 0 Å². The monoisotopic (exact) mass is 449 g/mol. The Morgan fingerprint density at radius 1 is 1.16 bits per heavy atom. The zero-order valence-corrected chi connectivity index (χ0v) is 19.5. The van der Waals surface area contributed by atoms with Crippen LogP contribution in [0.1, 0.15) is 74.6 Å². The Morgan fingerprint density at radius 2 is 1.90 bits per heavy atom. The van der Waals surface area contributed by atoms with E-state index in [0.29, 0.717) is 17.7 Å². The molecule has 2 atom stereocenters. The van der Waals surface area contributed by atoms with Crippen LogP contribution in [0.3, 0.4) is 0 Å². The van der Waals surface area contributed by atoms with Crippen LogP contribution in [0.25, 0.3) is 0 Å². The van der Waals surface area contributed by atoms with E-state index >= 15 is 0 Å². The van der Waals surface area contributed by atoms with Crippen molar-refractivity contribution in [2.75, 3.05) is 25.6 Å². The highest BCUT2D eigenvalue weighted by Gasteiger charge is 2.50. The largest absolute Gasteiger partial charge is 0.496 e. The van der Waals surface area contributed by atoms with Gasteiger partial charge < -0.3 is 15.8 Å². The number of nitrogens with two attached hydrogens (primary N) is 1. The predicted octanol–water partition coefficient (Wildman–Crippen LogP) is 3.34. The smallest absolute Gasteiger partial charge is 0.256 e. The Morgan fingerprint density at radius 3 is 2.58 bits per heavy atom. The number of ether oxygens (including phenoxy) is 1. The fraction of sp³-hybridized carbons (Fsp3) is 0.696. The van der Waals surface area contributed by atoms with Gasteiger partial charge in [-0.1, -0.05) is 19.3 Å². The van der Waals surface area contributed by atoms with E-state index in [-0.39, 0.29) is 27.7 Å². The van der Waals surface area contributed by atoms with Gasteiger partial charge in [0, 0.05) is 24.9 Å². The molecular formula is C23H35N3O4S. The van der Waals surface area contributed by atoms with Crippen LogP contribution in [-0.2, 0) is 9.84 Å². The SMILES string of the molecule is COc1cc(N)c(S(C)(=O)=O)cc1C(=O)NC12CCCC(CC1)N2CC1CCCCC1. The van der Waals surface area contributed by atoms with Gasteiger partial charge in [0.15, 0.2) is 9.84 Å². The van der Waals surface area contributed by atoms with Gasteiger partial charge in [-0.3, -0.25) is 9.69 Å². The molecule has 0 radical (unpaired) electrons. The summed E-state index contributed by atoms with van der Waals surface area (Å²) in [6, 6.07) is 3.31. The second-order valence-electron chi connectivity index (χ2n) is 9.59. The summed E-state index contributed by atoms with van der Waals surface area (Å²) in [6.07, 6.45) is 12.8. The zero-order valence-electron chi connectivity index (χ0n) is 18.7. The van der Waals surface area contributed by atoms with Crippen molar-refractivity contribution in [2.45, 2.75) is 80.8 Å². The highest BCUT2D eigenvalue weighted by molar-refractivity contribution is 7.90. The van der Waals surface area contributed by atoms with Crippen molar-refractivity contribution in [2.24, 2.45) is 5.92 Å². The van der Waals surface area contributed by atoms with Crippen molar-refractivity contribution in [1.82, 2.24) is 10.2 Å². The van der Waals surface area contributed by atoms with Crippen molar-refractivity contribution >= 4 is 21.4 Å². The molecule has 2 aliphatic heterocycles. The summed E-state index contributed by atoms with van der Waals surface area (Å²) in [5.74, 6) is 0.701. The first-order valence-electron chi connectivity index (χ1n) is 11.5. The summed E-state index contributed by atoms with van der Waals surface area (Å²) < 4.78 is 29.7. The van der Waals surface area contributed by atoms with Gasteiger partial charge >= 0.3 is 0 Å². The molecule has 31 heavy (non-hydrogen) atoms. The first-order chi connectivity index (χ1) is 14.7. The van der Waals surface area contributed by atoms with Crippen LogP contribution < -0.4 is 15.8 Å². The number of nitrogens with zero attached hydrogens (tertiary/aromatic N) is 1. The van der Waals surface area contributed by atoms with E-state index < -0.39 is 9.84 Å². The maximum Gasteiger partial charge on any atom is 0.256 e. The van der Waals surface area contributed by atoms with Crippen molar-refractivity contribution in [1.29, 1.82) is 0 Å². The number of carbonyl (C=O) groups excluding carboxylic acids is 1. The number of nitrogens with one attached hydrogen (secondary N) is 1. The molecule has 0 aromatic heterocycles. The third-order valence-corrected chi connectivity index (χ3v) is 8.66. The number of anilines is 1. The molecule has 3 aliphatic rings. The van der Waals surface area contributed by atoms with Crippen LogP contribution >= 0.6 is 0 Å². The zero-order chi connectivity index (χ0) is 22.2. The maximum absolute atomic E-state index is 13.5. The lowest BCUT2D eigenvalue weighted by atomic mass is 9.86. The molecule has 2 unspecified atom stereocenters. The lowest BCUT2D eigenvalue weighted by Gasteiger charge is -2.47. The van der Waals surface area contributed by atoms with Crippen molar-refractivity contribution in [3.05, 3.63) is 17.7 Å². The van der Waals surface area contributed by atoms with Crippen molar-refractivity contribution in [3.63, 3.8) is 0 Å². The van der Waals surface area contributed by atoms with E-state index in [4.69, 9.17) is 10.5 Å². The molecule has 0 spiro atoms. The third-order valence-electron chi connectivity index (χ3n) is 7.51. The lowest BCUT2D eigenvalue weighted by molar-refractivity contribution is 0.00937. The Balaban J connectivity index is 1.61.